The minimum absolute atomic E-state index is 0.0229. The predicted molar refractivity (Wildman–Crippen MR) is 94.3 cm³/mol. The van der Waals surface area contributed by atoms with Crippen molar-refractivity contribution >= 4 is 17.6 Å². The van der Waals surface area contributed by atoms with E-state index in [4.69, 9.17) is 4.42 Å². The van der Waals surface area contributed by atoms with E-state index < -0.39 is 12.1 Å². The summed E-state index contributed by atoms with van der Waals surface area (Å²) < 4.78 is 5.06. The molecule has 7 nitrogen and oxygen atoms in total. The largest absolute Gasteiger partial charge is 0.467 e. The summed E-state index contributed by atoms with van der Waals surface area (Å²) in [7, 11) is 0. The Morgan fingerprint density at radius 1 is 1.08 bits per heavy atom. The summed E-state index contributed by atoms with van der Waals surface area (Å²) >= 11 is 0. The highest BCUT2D eigenvalue weighted by atomic mass is 16.4. The Morgan fingerprint density at radius 2 is 1.80 bits per heavy atom. The van der Waals surface area contributed by atoms with Gasteiger partial charge in [0.1, 0.15) is 11.9 Å². The van der Waals surface area contributed by atoms with Gasteiger partial charge in [-0.25, -0.2) is 4.79 Å². The highest BCUT2D eigenvalue weighted by Gasteiger charge is 2.12. The van der Waals surface area contributed by atoms with Crippen molar-refractivity contribution in [2.75, 3.05) is 18.4 Å². The first-order valence-corrected chi connectivity index (χ1v) is 8.10. The zero-order valence-corrected chi connectivity index (χ0v) is 14.3. The van der Waals surface area contributed by atoms with Crippen molar-refractivity contribution in [2.45, 2.75) is 20.0 Å². The molecule has 0 aliphatic rings. The number of furan rings is 1. The molecule has 1 aromatic carbocycles. The lowest BCUT2D eigenvalue weighted by molar-refractivity contribution is 0.0949. The fourth-order valence-corrected chi connectivity index (χ4v) is 2.05. The molecule has 4 N–H and O–H groups in total. The van der Waals surface area contributed by atoms with Gasteiger partial charge < -0.3 is 25.5 Å². The number of aliphatic hydroxyl groups excluding tert-OH is 1. The minimum Gasteiger partial charge on any atom is -0.467 e. The highest BCUT2D eigenvalue weighted by Crippen LogP contribution is 2.12. The summed E-state index contributed by atoms with van der Waals surface area (Å²) in [5.74, 6) is 0.619. The summed E-state index contributed by atoms with van der Waals surface area (Å²) in [5, 5.41) is 17.8. The van der Waals surface area contributed by atoms with Gasteiger partial charge in [-0.05, 0) is 42.3 Å². The van der Waals surface area contributed by atoms with E-state index in [1.54, 1.807) is 36.4 Å². The van der Waals surface area contributed by atoms with Crippen LogP contribution in [0.2, 0.25) is 0 Å². The van der Waals surface area contributed by atoms with Crippen molar-refractivity contribution in [3.8, 4) is 0 Å². The second-order valence-electron chi connectivity index (χ2n) is 6.05. The van der Waals surface area contributed by atoms with Gasteiger partial charge in [0.25, 0.3) is 5.91 Å². The van der Waals surface area contributed by atoms with Gasteiger partial charge in [-0.15, -0.1) is 0 Å². The topological polar surface area (TPSA) is 104 Å². The Labute approximate surface area is 146 Å². The first-order valence-electron chi connectivity index (χ1n) is 8.10. The van der Waals surface area contributed by atoms with E-state index in [1.807, 2.05) is 13.8 Å². The van der Waals surface area contributed by atoms with Crippen LogP contribution in [0.3, 0.4) is 0 Å². The zero-order chi connectivity index (χ0) is 18.2. The third-order valence-corrected chi connectivity index (χ3v) is 3.40. The van der Waals surface area contributed by atoms with Gasteiger partial charge in [0, 0.05) is 17.8 Å². The Morgan fingerprint density at radius 3 is 2.40 bits per heavy atom. The molecule has 7 heteroatoms. The van der Waals surface area contributed by atoms with Crippen LogP contribution in [0.25, 0.3) is 0 Å². The van der Waals surface area contributed by atoms with Crippen molar-refractivity contribution in [3.63, 3.8) is 0 Å². The number of hydrogen-bond acceptors (Lipinski definition) is 4. The van der Waals surface area contributed by atoms with Crippen LogP contribution in [-0.4, -0.2) is 30.1 Å². The molecular formula is C18H23N3O4. The van der Waals surface area contributed by atoms with Gasteiger partial charge in [0.2, 0.25) is 0 Å². The number of nitrogens with one attached hydrogen (secondary N) is 3. The molecule has 0 aliphatic heterocycles. The number of amides is 3. The molecule has 1 unspecified atom stereocenters. The average molecular weight is 345 g/mol. The van der Waals surface area contributed by atoms with Crippen LogP contribution >= 0.6 is 0 Å². The molecule has 0 saturated heterocycles. The van der Waals surface area contributed by atoms with Crippen LogP contribution in [0, 0.1) is 5.92 Å². The Balaban J connectivity index is 1.80. The second-order valence-corrected chi connectivity index (χ2v) is 6.05. The third kappa shape index (κ3) is 5.96. The van der Waals surface area contributed by atoms with E-state index >= 15 is 0 Å². The number of hydrogen-bond donors (Lipinski definition) is 4. The van der Waals surface area contributed by atoms with Gasteiger partial charge in [0.15, 0.2) is 0 Å². The Bertz CT molecular complexity index is 681. The first kappa shape index (κ1) is 18.5. The van der Waals surface area contributed by atoms with Crippen molar-refractivity contribution in [3.05, 3.63) is 54.0 Å². The maximum atomic E-state index is 11.9. The monoisotopic (exact) mass is 345 g/mol. The fraction of sp³-hybridized carbons (Fsp3) is 0.333. The standard InChI is InChI=1S/C18H23N3O4/c1-12(2)10-19-17(23)13-5-7-14(8-6-13)21-18(24)20-11-15(22)16-4-3-9-25-16/h3-9,12,15,22H,10-11H2,1-2H3,(H,19,23)(H2,20,21,24). The molecule has 1 aromatic heterocycles. The molecule has 0 spiro atoms. The van der Waals surface area contributed by atoms with Crippen LogP contribution < -0.4 is 16.0 Å². The molecule has 0 radical (unpaired) electrons. The fourth-order valence-electron chi connectivity index (χ4n) is 2.05. The van der Waals surface area contributed by atoms with Gasteiger partial charge in [0.05, 0.1) is 12.8 Å². The van der Waals surface area contributed by atoms with Crippen molar-refractivity contribution in [1.82, 2.24) is 10.6 Å². The van der Waals surface area contributed by atoms with Crippen LogP contribution in [0.4, 0.5) is 10.5 Å². The quantitative estimate of drug-likeness (QED) is 0.619. The van der Waals surface area contributed by atoms with Crippen molar-refractivity contribution in [1.29, 1.82) is 0 Å². The lowest BCUT2D eigenvalue weighted by atomic mass is 10.1. The molecule has 1 atom stereocenters. The summed E-state index contributed by atoms with van der Waals surface area (Å²) in [6.07, 6.45) is 0.546. The van der Waals surface area contributed by atoms with E-state index in [-0.39, 0.29) is 12.5 Å². The van der Waals surface area contributed by atoms with Gasteiger partial charge in [-0.3, -0.25) is 4.79 Å². The number of urea groups is 1. The number of benzene rings is 1. The SMILES string of the molecule is CC(C)CNC(=O)c1ccc(NC(=O)NCC(O)c2ccco2)cc1. The number of anilines is 1. The van der Waals surface area contributed by atoms with Gasteiger partial charge >= 0.3 is 6.03 Å². The Kier molecular flexibility index (Phi) is 6.59. The molecular weight excluding hydrogens is 322 g/mol. The number of carbonyl (C=O) groups excluding carboxylic acids is 2. The Hall–Kier alpha value is -2.80. The normalized spacial score (nSPS) is 11.8. The summed E-state index contributed by atoms with van der Waals surface area (Å²) in [5.41, 5.74) is 1.07. The second kappa shape index (κ2) is 8.89. The van der Waals surface area contributed by atoms with Crippen molar-refractivity contribution < 1.29 is 19.1 Å². The van der Waals surface area contributed by atoms with E-state index in [9.17, 15) is 14.7 Å². The molecule has 0 fully saturated rings. The lowest BCUT2D eigenvalue weighted by Crippen LogP contribution is -2.32. The van der Waals surface area contributed by atoms with Crippen LogP contribution in [0.15, 0.2) is 47.1 Å². The molecule has 0 saturated carbocycles. The molecule has 3 amide bonds. The molecule has 0 aliphatic carbocycles. The van der Waals surface area contributed by atoms with Gasteiger partial charge in [-0.2, -0.15) is 0 Å². The van der Waals surface area contributed by atoms with Crippen molar-refractivity contribution in [2.24, 2.45) is 5.92 Å². The average Bonchev–Trinajstić information content (AvgIpc) is 3.13. The maximum absolute atomic E-state index is 11.9. The summed E-state index contributed by atoms with van der Waals surface area (Å²) in [6, 6.07) is 9.42. The van der Waals surface area contributed by atoms with Gasteiger partial charge in [-0.1, -0.05) is 13.8 Å². The zero-order valence-electron chi connectivity index (χ0n) is 14.3. The summed E-state index contributed by atoms with van der Waals surface area (Å²) in [6.45, 7) is 4.68. The smallest absolute Gasteiger partial charge is 0.319 e. The third-order valence-electron chi connectivity index (χ3n) is 3.40. The lowest BCUT2D eigenvalue weighted by Gasteiger charge is -2.11. The van der Waals surface area contributed by atoms with E-state index in [0.717, 1.165) is 0 Å². The highest BCUT2D eigenvalue weighted by molar-refractivity contribution is 5.95. The number of aliphatic hydroxyl groups is 1. The van der Waals surface area contributed by atoms with Crippen LogP contribution in [-0.2, 0) is 0 Å². The number of carbonyl (C=O) groups is 2. The first-order chi connectivity index (χ1) is 12.0. The molecule has 1 heterocycles. The maximum Gasteiger partial charge on any atom is 0.319 e. The van der Waals surface area contributed by atoms with Crippen LogP contribution in [0.1, 0.15) is 36.1 Å². The van der Waals surface area contributed by atoms with E-state index in [2.05, 4.69) is 16.0 Å². The van der Waals surface area contributed by atoms with Crippen LogP contribution in [0.5, 0.6) is 0 Å². The summed E-state index contributed by atoms with van der Waals surface area (Å²) in [4.78, 5) is 23.8. The minimum atomic E-state index is -0.909. The molecule has 25 heavy (non-hydrogen) atoms. The molecule has 134 valence electrons. The predicted octanol–water partition coefficient (Wildman–Crippen LogP) is 2.52. The molecule has 0 bridgehead atoms. The molecule has 2 rings (SSSR count). The van der Waals surface area contributed by atoms with E-state index in [1.165, 1.54) is 6.26 Å². The molecule has 2 aromatic rings. The number of rotatable bonds is 7. The van der Waals surface area contributed by atoms with E-state index in [0.29, 0.717) is 29.5 Å².